The van der Waals surface area contributed by atoms with Crippen LogP contribution in [0.5, 0.6) is 0 Å². The lowest BCUT2D eigenvalue weighted by atomic mass is 9.97. The van der Waals surface area contributed by atoms with Crippen molar-refractivity contribution < 1.29 is 14.3 Å². The van der Waals surface area contributed by atoms with Gasteiger partial charge < -0.3 is 15.0 Å². The molecule has 0 aliphatic carbocycles. The highest BCUT2D eigenvalue weighted by molar-refractivity contribution is 5.76. The van der Waals surface area contributed by atoms with Gasteiger partial charge in [-0.25, -0.2) is 4.79 Å². The molecule has 23 heavy (non-hydrogen) atoms. The minimum absolute atomic E-state index is 0.0627. The van der Waals surface area contributed by atoms with Gasteiger partial charge in [0.05, 0.1) is 12.5 Å². The number of hydrogen-bond acceptors (Lipinski definition) is 3. The Kier molecular flexibility index (Phi) is 6.02. The molecule has 0 bridgehead atoms. The van der Waals surface area contributed by atoms with Crippen LogP contribution < -0.4 is 5.32 Å². The average molecular weight is 318 g/mol. The quantitative estimate of drug-likeness (QED) is 0.869. The molecule has 1 aliphatic heterocycles. The fraction of sp³-hybridized carbons (Fsp3) is 0.556. The summed E-state index contributed by atoms with van der Waals surface area (Å²) in [6, 6.07) is 6.16. The predicted octanol–water partition coefficient (Wildman–Crippen LogP) is 2.79. The molecule has 0 aromatic heterocycles. The molecule has 1 heterocycles. The van der Waals surface area contributed by atoms with Gasteiger partial charge in [-0.05, 0) is 44.7 Å². The molecule has 2 amide bonds. The number of aryl methyl sites for hydroxylation is 2. The van der Waals surface area contributed by atoms with Crippen LogP contribution in [0.3, 0.4) is 0 Å². The number of likely N-dealkylation sites (tertiary alicyclic amines) is 1. The molecule has 5 heteroatoms. The van der Waals surface area contributed by atoms with Crippen molar-refractivity contribution in [3.8, 4) is 0 Å². The average Bonchev–Trinajstić information content (AvgIpc) is 2.54. The van der Waals surface area contributed by atoms with E-state index in [1.807, 2.05) is 6.92 Å². The highest BCUT2D eigenvalue weighted by atomic mass is 16.5. The van der Waals surface area contributed by atoms with Gasteiger partial charge in [0.1, 0.15) is 0 Å². The third kappa shape index (κ3) is 4.71. The van der Waals surface area contributed by atoms with Crippen molar-refractivity contribution in [1.29, 1.82) is 0 Å². The zero-order chi connectivity index (χ0) is 16.8. The number of hydrogen-bond donors (Lipinski definition) is 1. The second-order valence-electron chi connectivity index (χ2n) is 6.10. The summed E-state index contributed by atoms with van der Waals surface area (Å²) in [7, 11) is 0. The number of urea groups is 1. The van der Waals surface area contributed by atoms with Gasteiger partial charge in [-0.15, -0.1) is 0 Å². The van der Waals surface area contributed by atoms with Crippen LogP contribution in [0.15, 0.2) is 18.2 Å². The summed E-state index contributed by atoms with van der Waals surface area (Å²) in [6.45, 7) is 8.07. The molecule has 1 aromatic rings. The van der Waals surface area contributed by atoms with Crippen LogP contribution in [0.2, 0.25) is 0 Å². The van der Waals surface area contributed by atoms with Crippen molar-refractivity contribution in [2.75, 3.05) is 19.7 Å². The van der Waals surface area contributed by atoms with Crippen LogP contribution in [-0.4, -0.2) is 36.6 Å². The summed E-state index contributed by atoms with van der Waals surface area (Å²) in [5, 5.41) is 2.97. The molecule has 1 aliphatic rings. The van der Waals surface area contributed by atoms with E-state index in [1.54, 1.807) is 4.90 Å². The number of nitrogens with zero attached hydrogens (tertiary/aromatic N) is 1. The van der Waals surface area contributed by atoms with E-state index in [0.717, 1.165) is 5.56 Å². The van der Waals surface area contributed by atoms with E-state index in [1.165, 1.54) is 11.1 Å². The second kappa shape index (κ2) is 7.99. The first-order valence-electron chi connectivity index (χ1n) is 8.26. The van der Waals surface area contributed by atoms with Gasteiger partial charge >= 0.3 is 12.0 Å². The topological polar surface area (TPSA) is 58.6 Å². The number of esters is 1. The largest absolute Gasteiger partial charge is 0.466 e. The molecule has 0 radical (unpaired) electrons. The molecule has 1 N–H and O–H groups in total. The van der Waals surface area contributed by atoms with Gasteiger partial charge in [0, 0.05) is 19.6 Å². The highest BCUT2D eigenvalue weighted by Gasteiger charge is 2.28. The summed E-state index contributed by atoms with van der Waals surface area (Å²) in [5.41, 5.74) is 3.54. The molecule has 2 rings (SSSR count). The Bertz CT molecular complexity index is 563. The number of ether oxygens (including phenoxy) is 1. The van der Waals surface area contributed by atoms with Crippen LogP contribution in [0.1, 0.15) is 36.5 Å². The van der Waals surface area contributed by atoms with E-state index < -0.39 is 0 Å². The Hall–Kier alpha value is -2.04. The zero-order valence-corrected chi connectivity index (χ0v) is 14.2. The van der Waals surface area contributed by atoms with Crippen LogP contribution in [0.4, 0.5) is 4.79 Å². The van der Waals surface area contributed by atoms with Gasteiger partial charge in [0.25, 0.3) is 0 Å². The normalized spacial score (nSPS) is 15.3. The Morgan fingerprint density at radius 3 is 2.57 bits per heavy atom. The SMILES string of the molecule is CCOC(=O)C1CCN(C(=O)NCc2ccc(C)cc2C)CC1. The zero-order valence-electron chi connectivity index (χ0n) is 14.2. The van der Waals surface area contributed by atoms with Gasteiger partial charge in [-0.3, -0.25) is 4.79 Å². The standard InChI is InChI=1S/C18H26N2O3/c1-4-23-17(21)15-7-9-20(10-8-15)18(22)19-12-16-6-5-13(2)11-14(16)3/h5-6,11,15H,4,7-10,12H2,1-3H3,(H,19,22). The fourth-order valence-corrected chi connectivity index (χ4v) is 2.91. The highest BCUT2D eigenvalue weighted by Crippen LogP contribution is 2.19. The van der Waals surface area contributed by atoms with Crippen LogP contribution in [-0.2, 0) is 16.1 Å². The Balaban J connectivity index is 1.80. The number of piperidine rings is 1. The molecule has 5 nitrogen and oxygen atoms in total. The number of nitrogens with one attached hydrogen (secondary N) is 1. The van der Waals surface area contributed by atoms with E-state index in [4.69, 9.17) is 4.74 Å². The minimum atomic E-state index is -0.136. The van der Waals surface area contributed by atoms with E-state index in [9.17, 15) is 9.59 Å². The van der Waals surface area contributed by atoms with Gasteiger partial charge in [-0.1, -0.05) is 23.8 Å². The molecule has 1 fully saturated rings. The third-order valence-corrected chi connectivity index (χ3v) is 4.33. The lowest BCUT2D eigenvalue weighted by molar-refractivity contribution is -0.149. The molecular formula is C18H26N2O3. The number of rotatable bonds is 4. The van der Waals surface area contributed by atoms with Gasteiger partial charge in [0.15, 0.2) is 0 Å². The lowest BCUT2D eigenvalue weighted by Crippen LogP contribution is -2.45. The van der Waals surface area contributed by atoms with Crippen molar-refractivity contribution in [3.63, 3.8) is 0 Å². The lowest BCUT2D eigenvalue weighted by Gasteiger charge is -2.31. The Labute approximate surface area is 138 Å². The number of carbonyl (C=O) groups is 2. The summed E-state index contributed by atoms with van der Waals surface area (Å²) in [6.07, 6.45) is 1.35. The number of amides is 2. The first-order valence-corrected chi connectivity index (χ1v) is 8.26. The van der Waals surface area contributed by atoms with E-state index in [-0.39, 0.29) is 17.9 Å². The Morgan fingerprint density at radius 2 is 1.96 bits per heavy atom. The maximum Gasteiger partial charge on any atom is 0.317 e. The number of benzene rings is 1. The molecule has 126 valence electrons. The molecule has 1 saturated heterocycles. The van der Waals surface area contributed by atoms with Crippen molar-refractivity contribution in [2.45, 2.75) is 40.2 Å². The maximum atomic E-state index is 12.3. The smallest absolute Gasteiger partial charge is 0.317 e. The summed E-state index contributed by atoms with van der Waals surface area (Å²) in [4.78, 5) is 25.7. The molecule has 0 saturated carbocycles. The van der Waals surface area contributed by atoms with E-state index in [0.29, 0.717) is 39.1 Å². The summed E-state index contributed by atoms with van der Waals surface area (Å²) < 4.78 is 5.05. The molecule has 0 spiro atoms. The van der Waals surface area contributed by atoms with E-state index >= 15 is 0 Å². The molecule has 0 atom stereocenters. The molecule has 0 unspecified atom stereocenters. The fourth-order valence-electron chi connectivity index (χ4n) is 2.91. The molecular weight excluding hydrogens is 292 g/mol. The van der Waals surface area contributed by atoms with Crippen molar-refractivity contribution >= 4 is 12.0 Å². The third-order valence-electron chi connectivity index (χ3n) is 4.33. The van der Waals surface area contributed by atoms with Gasteiger partial charge in [0.2, 0.25) is 0 Å². The summed E-state index contributed by atoms with van der Waals surface area (Å²) >= 11 is 0. The first kappa shape index (κ1) is 17.3. The second-order valence-corrected chi connectivity index (χ2v) is 6.10. The van der Waals surface area contributed by atoms with Crippen LogP contribution in [0.25, 0.3) is 0 Å². The van der Waals surface area contributed by atoms with Crippen molar-refractivity contribution in [1.82, 2.24) is 10.2 Å². The van der Waals surface area contributed by atoms with Crippen LogP contribution in [0, 0.1) is 19.8 Å². The first-order chi connectivity index (χ1) is 11.0. The predicted molar refractivity (Wildman–Crippen MR) is 89.1 cm³/mol. The van der Waals surface area contributed by atoms with Crippen LogP contribution >= 0.6 is 0 Å². The minimum Gasteiger partial charge on any atom is -0.466 e. The van der Waals surface area contributed by atoms with Crippen molar-refractivity contribution in [2.24, 2.45) is 5.92 Å². The molecule has 1 aromatic carbocycles. The van der Waals surface area contributed by atoms with E-state index in [2.05, 4.69) is 37.4 Å². The summed E-state index contributed by atoms with van der Waals surface area (Å²) in [5.74, 6) is -0.207. The monoisotopic (exact) mass is 318 g/mol. The van der Waals surface area contributed by atoms with Crippen molar-refractivity contribution in [3.05, 3.63) is 34.9 Å². The Morgan fingerprint density at radius 1 is 1.26 bits per heavy atom. The maximum absolute atomic E-state index is 12.3. The van der Waals surface area contributed by atoms with Gasteiger partial charge in [-0.2, -0.15) is 0 Å². The number of carbonyl (C=O) groups excluding carboxylic acids is 2.